The number of nitrogens with zero attached hydrogens (tertiary/aromatic N) is 1. The molecule has 4 amide bonds. The Bertz CT molecular complexity index is 633. The quantitative estimate of drug-likeness (QED) is 0.644. The van der Waals surface area contributed by atoms with Gasteiger partial charge in [0.2, 0.25) is 11.8 Å². The maximum Gasteiger partial charge on any atom is 0.313 e. The Morgan fingerprint density at radius 3 is 2.04 bits per heavy atom. The van der Waals surface area contributed by atoms with Crippen LogP contribution in [-0.2, 0) is 14.4 Å². The van der Waals surface area contributed by atoms with Crippen LogP contribution < -0.4 is 16.8 Å². The number of likely N-dealkylation sites (tertiary alicyclic amines) is 1. The second-order valence-electron chi connectivity index (χ2n) is 5.36. The number of carbonyl (C=O) groups is 4. The summed E-state index contributed by atoms with van der Waals surface area (Å²) in [7, 11) is 0. The summed E-state index contributed by atoms with van der Waals surface area (Å²) < 4.78 is 0. The van der Waals surface area contributed by atoms with Crippen molar-refractivity contribution in [3.63, 3.8) is 0 Å². The van der Waals surface area contributed by atoms with E-state index in [-0.39, 0.29) is 11.8 Å². The lowest BCUT2D eigenvalue weighted by atomic mass is 9.96. The molecule has 8 heteroatoms. The molecule has 1 saturated heterocycles. The summed E-state index contributed by atoms with van der Waals surface area (Å²) >= 11 is 0. The normalized spacial score (nSPS) is 15.0. The van der Waals surface area contributed by atoms with Crippen LogP contribution >= 0.6 is 0 Å². The van der Waals surface area contributed by atoms with Gasteiger partial charge >= 0.3 is 11.8 Å². The third-order valence-electron chi connectivity index (χ3n) is 3.81. The molecule has 1 aromatic carbocycles. The number of carbonyl (C=O) groups excluding carboxylic acids is 4. The van der Waals surface area contributed by atoms with Gasteiger partial charge in [0.15, 0.2) is 0 Å². The Hall–Kier alpha value is -2.90. The lowest BCUT2D eigenvalue weighted by Gasteiger charge is -2.29. The van der Waals surface area contributed by atoms with Crippen molar-refractivity contribution in [1.29, 1.82) is 0 Å². The zero-order valence-corrected chi connectivity index (χ0v) is 12.5. The maximum absolute atomic E-state index is 12.1. The zero-order chi connectivity index (χ0) is 17.0. The second-order valence-corrected chi connectivity index (χ2v) is 5.36. The van der Waals surface area contributed by atoms with Crippen molar-refractivity contribution in [1.82, 2.24) is 4.90 Å². The molecular formula is C15H18N4O4. The molecule has 1 heterocycles. The Kier molecular flexibility index (Phi) is 4.95. The van der Waals surface area contributed by atoms with Gasteiger partial charge in [-0.05, 0) is 37.1 Å². The van der Waals surface area contributed by atoms with Crippen LogP contribution in [0.15, 0.2) is 24.3 Å². The molecule has 5 N–H and O–H groups in total. The van der Waals surface area contributed by atoms with Gasteiger partial charge in [-0.15, -0.1) is 0 Å². The van der Waals surface area contributed by atoms with Gasteiger partial charge in [-0.3, -0.25) is 19.2 Å². The number of piperidine rings is 1. The average molecular weight is 318 g/mol. The molecule has 1 aliphatic rings. The molecule has 0 bridgehead atoms. The SMILES string of the molecule is NC(=O)c1ccc(NC(=O)C(=O)N2CCC(C(N)=O)CC2)cc1. The van der Waals surface area contributed by atoms with Crippen LogP contribution in [0.3, 0.4) is 0 Å². The van der Waals surface area contributed by atoms with Gasteiger partial charge in [0.05, 0.1) is 0 Å². The minimum atomic E-state index is -0.769. The topological polar surface area (TPSA) is 136 Å². The molecule has 0 unspecified atom stereocenters. The zero-order valence-electron chi connectivity index (χ0n) is 12.5. The van der Waals surface area contributed by atoms with Crippen LogP contribution in [0.2, 0.25) is 0 Å². The summed E-state index contributed by atoms with van der Waals surface area (Å²) in [6.07, 6.45) is 0.920. The number of amides is 4. The Balaban J connectivity index is 1.91. The summed E-state index contributed by atoms with van der Waals surface area (Å²) in [5, 5.41) is 2.47. The van der Waals surface area contributed by atoms with Crippen LogP contribution in [0.25, 0.3) is 0 Å². The summed E-state index contributed by atoms with van der Waals surface area (Å²) in [6, 6.07) is 5.90. The van der Waals surface area contributed by atoms with Gasteiger partial charge in [-0.1, -0.05) is 0 Å². The van der Waals surface area contributed by atoms with Gasteiger partial charge in [-0.25, -0.2) is 0 Å². The highest BCUT2D eigenvalue weighted by atomic mass is 16.2. The van der Waals surface area contributed by atoms with Crippen LogP contribution in [0.1, 0.15) is 23.2 Å². The number of hydrogen-bond donors (Lipinski definition) is 3. The van der Waals surface area contributed by atoms with E-state index in [9.17, 15) is 19.2 Å². The largest absolute Gasteiger partial charge is 0.369 e. The van der Waals surface area contributed by atoms with Crippen molar-refractivity contribution in [3.05, 3.63) is 29.8 Å². The van der Waals surface area contributed by atoms with Gasteiger partial charge < -0.3 is 21.7 Å². The molecule has 0 aliphatic carbocycles. The monoisotopic (exact) mass is 318 g/mol. The van der Waals surface area contributed by atoms with E-state index in [2.05, 4.69) is 5.32 Å². The van der Waals surface area contributed by atoms with Crippen LogP contribution in [0, 0.1) is 5.92 Å². The first-order chi connectivity index (χ1) is 10.9. The van der Waals surface area contributed by atoms with E-state index in [1.165, 1.54) is 29.2 Å². The Morgan fingerprint density at radius 2 is 1.57 bits per heavy atom. The third-order valence-corrected chi connectivity index (χ3v) is 3.81. The number of rotatable bonds is 3. The molecule has 0 spiro atoms. The van der Waals surface area contributed by atoms with Gasteiger partial charge in [-0.2, -0.15) is 0 Å². The van der Waals surface area contributed by atoms with E-state index in [4.69, 9.17) is 11.5 Å². The van der Waals surface area contributed by atoms with Gasteiger partial charge in [0.1, 0.15) is 0 Å². The van der Waals surface area contributed by atoms with Crippen molar-refractivity contribution in [2.24, 2.45) is 17.4 Å². The number of nitrogens with two attached hydrogens (primary N) is 2. The highest BCUT2D eigenvalue weighted by Crippen LogP contribution is 2.17. The minimum Gasteiger partial charge on any atom is -0.369 e. The summed E-state index contributed by atoms with van der Waals surface area (Å²) in [5.74, 6) is -2.63. The fraction of sp³-hybridized carbons (Fsp3) is 0.333. The molecule has 0 radical (unpaired) electrons. The van der Waals surface area contributed by atoms with Crippen LogP contribution in [0.5, 0.6) is 0 Å². The number of nitrogens with one attached hydrogen (secondary N) is 1. The first-order valence-corrected chi connectivity index (χ1v) is 7.18. The van der Waals surface area contributed by atoms with Crippen LogP contribution in [-0.4, -0.2) is 41.6 Å². The molecule has 8 nitrogen and oxygen atoms in total. The number of anilines is 1. The minimum absolute atomic E-state index is 0.247. The fourth-order valence-electron chi connectivity index (χ4n) is 2.41. The predicted octanol–water partition coefficient (Wildman–Crippen LogP) is -0.552. The second kappa shape index (κ2) is 6.91. The van der Waals surface area contributed by atoms with Crippen molar-refractivity contribution in [2.75, 3.05) is 18.4 Å². The molecule has 0 atom stereocenters. The smallest absolute Gasteiger partial charge is 0.313 e. The number of benzene rings is 1. The van der Waals surface area contributed by atoms with Crippen LogP contribution in [0.4, 0.5) is 5.69 Å². The molecule has 2 rings (SSSR count). The molecule has 23 heavy (non-hydrogen) atoms. The first-order valence-electron chi connectivity index (χ1n) is 7.18. The molecule has 1 fully saturated rings. The third kappa shape index (κ3) is 4.06. The van der Waals surface area contributed by atoms with Gasteiger partial charge in [0.25, 0.3) is 0 Å². The van der Waals surface area contributed by atoms with Gasteiger partial charge in [0, 0.05) is 30.3 Å². The van der Waals surface area contributed by atoms with E-state index in [0.717, 1.165) is 0 Å². The van der Waals surface area contributed by atoms with Crippen molar-refractivity contribution in [3.8, 4) is 0 Å². The summed E-state index contributed by atoms with van der Waals surface area (Å²) in [4.78, 5) is 47.5. The highest BCUT2D eigenvalue weighted by molar-refractivity contribution is 6.39. The van der Waals surface area contributed by atoms with Crippen molar-refractivity contribution < 1.29 is 19.2 Å². The molecule has 1 aromatic rings. The van der Waals surface area contributed by atoms with E-state index in [1.54, 1.807) is 0 Å². The predicted molar refractivity (Wildman–Crippen MR) is 82.1 cm³/mol. The molecular weight excluding hydrogens is 300 g/mol. The van der Waals surface area contributed by atoms with E-state index < -0.39 is 17.7 Å². The first kappa shape index (κ1) is 16.5. The molecule has 0 aromatic heterocycles. The standard InChI is InChI=1S/C15H18N4O4/c16-12(20)9-1-3-11(4-2-9)18-14(22)15(23)19-7-5-10(6-8-19)13(17)21/h1-4,10H,5-8H2,(H2,16,20)(H2,17,21)(H,18,22). The van der Waals surface area contributed by atoms with Crippen molar-refractivity contribution >= 4 is 29.3 Å². The summed E-state index contributed by atoms with van der Waals surface area (Å²) in [5.41, 5.74) is 11.1. The Labute approximate surface area is 132 Å². The lowest BCUT2D eigenvalue weighted by Crippen LogP contribution is -2.46. The summed E-state index contributed by atoms with van der Waals surface area (Å²) in [6.45, 7) is 0.640. The Morgan fingerprint density at radius 1 is 1.00 bits per heavy atom. The van der Waals surface area contributed by atoms with E-state index in [0.29, 0.717) is 37.2 Å². The number of primary amides is 2. The lowest BCUT2D eigenvalue weighted by molar-refractivity contribution is -0.144. The fourth-order valence-corrected chi connectivity index (χ4v) is 2.41. The molecule has 1 aliphatic heterocycles. The van der Waals surface area contributed by atoms with E-state index >= 15 is 0 Å². The van der Waals surface area contributed by atoms with E-state index in [1.807, 2.05) is 0 Å². The van der Waals surface area contributed by atoms with Crippen molar-refractivity contribution in [2.45, 2.75) is 12.8 Å². The maximum atomic E-state index is 12.1. The molecule has 122 valence electrons. The number of hydrogen-bond acceptors (Lipinski definition) is 4. The molecule has 0 saturated carbocycles. The highest BCUT2D eigenvalue weighted by Gasteiger charge is 2.29. The average Bonchev–Trinajstić information content (AvgIpc) is 2.54.